The molecule has 5 nitrogen and oxygen atoms in total. The summed E-state index contributed by atoms with van der Waals surface area (Å²) in [6.07, 6.45) is 4.35. The van der Waals surface area contributed by atoms with Gasteiger partial charge in [-0.3, -0.25) is 4.79 Å². The van der Waals surface area contributed by atoms with Crippen molar-refractivity contribution in [3.63, 3.8) is 0 Å². The van der Waals surface area contributed by atoms with E-state index in [0.717, 1.165) is 42.4 Å². The van der Waals surface area contributed by atoms with Crippen molar-refractivity contribution >= 4 is 15.9 Å². The summed E-state index contributed by atoms with van der Waals surface area (Å²) in [5, 5.41) is 0. The Morgan fingerprint density at radius 1 is 1.07 bits per heavy atom. The van der Waals surface area contributed by atoms with E-state index in [1.807, 2.05) is 37.3 Å². The lowest BCUT2D eigenvalue weighted by atomic mass is 9.92. The number of hydrogen-bond acceptors (Lipinski definition) is 3. The van der Waals surface area contributed by atoms with Crippen LogP contribution in [0.1, 0.15) is 41.5 Å². The molecule has 3 rings (SSSR count). The van der Waals surface area contributed by atoms with E-state index in [9.17, 15) is 13.2 Å². The molecule has 0 heterocycles. The summed E-state index contributed by atoms with van der Waals surface area (Å²) in [4.78, 5) is 14.3. The van der Waals surface area contributed by atoms with Crippen LogP contribution in [0.15, 0.2) is 47.4 Å². The Kier molecular flexibility index (Phi) is 6.52. The van der Waals surface area contributed by atoms with Crippen LogP contribution in [0, 0.1) is 6.92 Å². The fourth-order valence-electron chi connectivity index (χ4n) is 3.57. The normalized spacial score (nSPS) is 13.8. The minimum Gasteiger partial charge on any atom is -0.341 e. The number of hydrogen-bond donors (Lipinski definition) is 1. The minimum atomic E-state index is -3.60. The van der Waals surface area contributed by atoms with Gasteiger partial charge in [-0.15, -0.1) is 0 Å². The van der Waals surface area contributed by atoms with E-state index in [2.05, 4.69) is 4.72 Å². The van der Waals surface area contributed by atoms with Gasteiger partial charge in [0.15, 0.2) is 0 Å². The van der Waals surface area contributed by atoms with Gasteiger partial charge in [0.25, 0.3) is 0 Å². The summed E-state index contributed by atoms with van der Waals surface area (Å²) in [5.41, 5.74) is 4.60. The van der Waals surface area contributed by atoms with E-state index < -0.39 is 10.0 Å². The number of aryl methyl sites for hydroxylation is 3. The Labute approximate surface area is 167 Å². The van der Waals surface area contributed by atoms with Crippen molar-refractivity contribution in [3.05, 3.63) is 64.7 Å². The smallest absolute Gasteiger partial charge is 0.240 e. The van der Waals surface area contributed by atoms with Gasteiger partial charge in [0.05, 0.1) is 4.90 Å². The van der Waals surface area contributed by atoms with Gasteiger partial charge in [-0.2, -0.15) is 0 Å². The predicted molar refractivity (Wildman–Crippen MR) is 111 cm³/mol. The highest BCUT2D eigenvalue weighted by Gasteiger charge is 2.18. The summed E-state index contributed by atoms with van der Waals surface area (Å²) in [6, 6.07) is 13.3. The number of benzene rings is 2. The first kappa shape index (κ1) is 20.6. The van der Waals surface area contributed by atoms with Gasteiger partial charge < -0.3 is 4.90 Å². The van der Waals surface area contributed by atoms with E-state index in [-0.39, 0.29) is 23.8 Å². The fraction of sp³-hybridized carbons (Fsp3) is 0.409. The molecule has 1 amide bonds. The second kappa shape index (κ2) is 8.88. The molecule has 0 saturated heterocycles. The van der Waals surface area contributed by atoms with Crippen molar-refractivity contribution < 1.29 is 13.2 Å². The van der Waals surface area contributed by atoms with Crippen LogP contribution in [0.3, 0.4) is 0 Å². The van der Waals surface area contributed by atoms with Crippen LogP contribution in [-0.4, -0.2) is 32.8 Å². The van der Waals surface area contributed by atoms with E-state index in [4.69, 9.17) is 0 Å². The molecule has 0 saturated carbocycles. The molecular formula is C22H28N2O3S. The van der Waals surface area contributed by atoms with Gasteiger partial charge in [0, 0.05) is 26.6 Å². The van der Waals surface area contributed by atoms with Crippen LogP contribution in [0.2, 0.25) is 0 Å². The maximum absolute atomic E-state index is 12.6. The van der Waals surface area contributed by atoms with Gasteiger partial charge in [0.1, 0.15) is 0 Å². The number of amides is 1. The number of fused-ring (bicyclic) bond motifs is 1. The highest BCUT2D eigenvalue weighted by Crippen LogP contribution is 2.24. The van der Waals surface area contributed by atoms with Gasteiger partial charge in [0.2, 0.25) is 15.9 Å². The molecule has 0 bridgehead atoms. The number of carbonyl (C=O) groups is 1. The summed E-state index contributed by atoms with van der Waals surface area (Å²) < 4.78 is 27.7. The van der Waals surface area contributed by atoms with Gasteiger partial charge in [-0.1, -0.05) is 30.3 Å². The molecule has 6 heteroatoms. The molecule has 2 aromatic carbocycles. The molecule has 0 spiro atoms. The third kappa shape index (κ3) is 5.00. The largest absolute Gasteiger partial charge is 0.341 e. The summed E-state index contributed by atoms with van der Waals surface area (Å²) in [5.74, 6) is -0.0867. The average molecular weight is 401 g/mol. The average Bonchev–Trinajstić information content (AvgIpc) is 2.69. The molecule has 0 aliphatic heterocycles. The second-order valence-electron chi connectivity index (χ2n) is 7.46. The zero-order valence-corrected chi connectivity index (χ0v) is 17.4. The van der Waals surface area contributed by atoms with Crippen LogP contribution in [-0.2, 0) is 34.2 Å². The molecule has 2 aromatic rings. The fourth-order valence-corrected chi connectivity index (χ4v) is 4.66. The zero-order valence-electron chi connectivity index (χ0n) is 16.6. The van der Waals surface area contributed by atoms with E-state index in [1.54, 1.807) is 24.1 Å². The van der Waals surface area contributed by atoms with E-state index >= 15 is 0 Å². The third-order valence-corrected chi connectivity index (χ3v) is 6.81. The standard InChI is InChI=1S/C22H28N2O3S/c1-17-7-3-4-10-20(17)16-24(2)22(25)13-14-23-28(26,27)21-12-11-18-8-5-6-9-19(18)15-21/h3-4,7,10-12,15,23H,5-6,8-9,13-14,16H2,1-2H3. The van der Waals surface area contributed by atoms with Gasteiger partial charge >= 0.3 is 0 Å². The Morgan fingerprint density at radius 3 is 2.54 bits per heavy atom. The maximum Gasteiger partial charge on any atom is 0.240 e. The van der Waals surface area contributed by atoms with Gasteiger partial charge in [-0.25, -0.2) is 13.1 Å². The van der Waals surface area contributed by atoms with Crippen molar-refractivity contribution in [2.75, 3.05) is 13.6 Å². The molecule has 0 unspecified atom stereocenters. The summed E-state index contributed by atoms with van der Waals surface area (Å²) in [7, 11) is -1.86. The molecule has 1 aliphatic rings. The minimum absolute atomic E-state index is 0.0867. The monoisotopic (exact) mass is 400 g/mol. The number of nitrogens with one attached hydrogen (secondary N) is 1. The van der Waals surface area contributed by atoms with Gasteiger partial charge in [-0.05, 0) is 67.0 Å². The number of rotatable bonds is 7. The Hall–Kier alpha value is -2.18. The lowest BCUT2D eigenvalue weighted by molar-refractivity contribution is -0.130. The SMILES string of the molecule is Cc1ccccc1CN(C)C(=O)CCNS(=O)(=O)c1ccc2c(c1)CCCC2. The van der Waals surface area contributed by atoms with Crippen molar-refractivity contribution in [1.29, 1.82) is 0 Å². The highest BCUT2D eigenvalue weighted by atomic mass is 32.2. The number of nitrogens with zero attached hydrogens (tertiary/aromatic N) is 1. The molecule has 0 fully saturated rings. The van der Waals surface area contributed by atoms with Crippen LogP contribution in [0.5, 0.6) is 0 Å². The molecule has 150 valence electrons. The van der Waals surface area contributed by atoms with Crippen molar-refractivity contribution in [2.24, 2.45) is 0 Å². The van der Waals surface area contributed by atoms with Crippen LogP contribution in [0.25, 0.3) is 0 Å². The first-order chi connectivity index (χ1) is 13.4. The summed E-state index contributed by atoms with van der Waals surface area (Å²) >= 11 is 0. The second-order valence-corrected chi connectivity index (χ2v) is 9.23. The van der Waals surface area contributed by atoms with E-state index in [1.165, 1.54) is 5.56 Å². The summed E-state index contributed by atoms with van der Waals surface area (Å²) in [6.45, 7) is 2.62. The zero-order chi connectivity index (χ0) is 20.1. The first-order valence-corrected chi connectivity index (χ1v) is 11.2. The van der Waals surface area contributed by atoms with E-state index in [0.29, 0.717) is 6.54 Å². The van der Waals surface area contributed by atoms with Crippen molar-refractivity contribution in [1.82, 2.24) is 9.62 Å². The van der Waals surface area contributed by atoms with Crippen LogP contribution < -0.4 is 4.72 Å². The maximum atomic E-state index is 12.6. The lowest BCUT2D eigenvalue weighted by Gasteiger charge is -2.19. The molecule has 28 heavy (non-hydrogen) atoms. The Bertz CT molecular complexity index is 954. The number of carbonyl (C=O) groups excluding carboxylic acids is 1. The quantitative estimate of drug-likeness (QED) is 0.776. The predicted octanol–water partition coefficient (Wildman–Crippen LogP) is 3.20. The molecule has 0 aromatic heterocycles. The molecule has 0 atom stereocenters. The lowest BCUT2D eigenvalue weighted by Crippen LogP contribution is -2.32. The first-order valence-electron chi connectivity index (χ1n) is 9.77. The van der Waals surface area contributed by atoms with Crippen molar-refractivity contribution in [3.8, 4) is 0 Å². The Balaban J connectivity index is 1.54. The highest BCUT2D eigenvalue weighted by molar-refractivity contribution is 7.89. The topological polar surface area (TPSA) is 66.5 Å². The number of sulfonamides is 1. The molecule has 1 aliphatic carbocycles. The molecular weight excluding hydrogens is 372 g/mol. The van der Waals surface area contributed by atoms with Crippen LogP contribution in [0.4, 0.5) is 0 Å². The third-order valence-electron chi connectivity index (χ3n) is 5.36. The molecule has 1 N–H and O–H groups in total. The van der Waals surface area contributed by atoms with Crippen LogP contribution >= 0.6 is 0 Å². The van der Waals surface area contributed by atoms with Crippen molar-refractivity contribution in [2.45, 2.75) is 50.5 Å². The Morgan fingerprint density at radius 2 is 1.79 bits per heavy atom. The molecule has 0 radical (unpaired) electrons.